The van der Waals surface area contributed by atoms with Crippen molar-refractivity contribution in [2.24, 2.45) is 0 Å². The first kappa shape index (κ1) is 15.5. The first-order valence-electron chi connectivity index (χ1n) is 8.03. The highest BCUT2D eigenvalue weighted by Gasteiger charge is 2.33. The number of benzene rings is 1. The molecule has 0 heterocycles. The lowest BCUT2D eigenvalue weighted by Crippen LogP contribution is -2.42. The Balaban J connectivity index is 2.20. The summed E-state index contributed by atoms with van der Waals surface area (Å²) in [5.74, 6) is 0.807. The lowest BCUT2D eigenvalue weighted by molar-refractivity contribution is -0.0296. The second-order valence-corrected chi connectivity index (χ2v) is 6.16. The van der Waals surface area contributed by atoms with E-state index in [9.17, 15) is 0 Å². The number of ether oxygens (including phenoxy) is 1. The molecule has 0 bridgehead atoms. The van der Waals surface area contributed by atoms with Crippen molar-refractivity contribution >= 4 is 0 Å². The van der Waals surface area contributed by atoms with Crippen LogP contribution in [-0.4, -0.2) is 19.3 Å². The van der Waals surface area contributed by atoms with Gasteiger partial charge in [0.15, 0.2) is 0 Å². The summed E-state index contributed by atoms with van der Waals surface area (Å²) in [6.07, 6.45) is 5.11. The molecule has 0 radical (unpaired) electrons. The monoisotopic (exact) mass is 275 g/mol. The number of nitrogens with one attached hydrogen (secondary N) is 1. The molecule has 0 aromatic heterocycles. The molecule has 1 N–H and O–H groups in total. The molecule has 1 aromatic rings. The van der Waals surface area contributed by atoms with Crippen LogP contribution in [0.25, 0.3) is 0 Å². The van der Waals surface area contributed by atoms with E-state index in [0.717, 1.165) is 18.9 Å². The molecule has 0 spiro atoms. The normalized spacial score (nSPS) is 20.2. The van der Waals surface area contributed by atoms with Gasteiger partial charge in [0, 0.05) is 7.11 Å². The van der Waals surface area contributed by atoms with Crippen LogP contribution in [-0.2, 0) is 4.74 Å². The first-order valence-corrected chi connectivity index (χ1v) is 8.03. The third kappa shape index (κ3) is 3.07. The molecule has 1 fully saturated rings. The molecule has 2 unspecified atom stereocenters. The molecule has 2 rings (SSSR count). The molecular formula is C18H29NO. The predicted octanol–water partition coefficient (Wildman–Crippen LogP) is 4.42. The molecule has 20 heavy (non-hydrogen) atoms. The van der Waals surface area contributed by atoms with Gasteiger partial charge in [0.2, 0.25) is 0 Å². The van der Waals surface area contributed by atoms with Gasteiger partial charge in [0.1, 0.15) is 0 Å². The zero-order valence-electron chi connectivity index (χ0n) is 13.4. The van der Waals surface area contributed by atoms with Gasteiger partial charge in [-0.15, -0.1) is 0 Å². The van der Waals surface area contributed by atoms with Gasteiger partial charge in [-0.1, -0.05) is 44.5 Å². The van der Waals surface area contributed by atoms with Crippen LogP contribution in [0.2, 0.25) is 0 Å². The largest absolute Gasteiger partial charge is 0.377 e. The Morgan fingerprint density at radius 3 is 2.30 bits per heavy atom. The zero-order chi connectivity index (χ0) is 14.6. The van der Waals surface area contributed by atoms with Crippen molar-refractivity contribution in [3.05, 3.63) is 35.4 Å². The lowest BCUT2D eigenvalue weighted by atomic mass is 9.79. The Hall–Kier alpha value is -0.860. The fourth-order valence-electron chi connectivity index (χ4n) is 3.06. The van der Waals surface area contributed by atoms with Crippen molar-refractivity contribution in [3.8, 4) is 0 Å². The maximum atomic E-state index is 5.80. The molecule has 0 aliphatic heterocycles. The Kier molecular flexibility index (Phi) is 5.22. The summed E-state index contributed by atoms with van der Waals surface area (Å²) in [6, 6.07) is 9.45. The minimum absolute atomic E-state index is 0.159. The summed E-state index contributed by atoms with van der Waals surface area (Å²) in [6.45, 7) is 7.49. The van der Waals surface area contributed by atoms with Gasteiger partial charge in [-0.2, -0.15) is 0 Å². The molecule has 2 nitrogen and oxygen atoms in total. The van der Waals surface area contributed by atoms with E-state index in [1.807, 2.05) is 7.11 Å². The molecule has 1 aromatic carbocycles. The Morgan fingerprint density at radius 1 is 1.25 bits per heavy atom. The number of hydrogen-bond acceptors (Lipinski definition) is 2. The maximum Gasteiger partial charge on any atom is 0.0841 e. The van der Waals surface area contributed by atoms with Crippen LogP contribution in [0.15, 0.2) is 24.3 Å². The van der Waals surface area contributed by atoms with Crippen LogP contribution >= 0.6 is 0 Å². The minimum Gasteiger partial charge on any atom is -0.377 e. The zero-order valence-corrected chi connectivity index (χ0v) is 13.4. The summed E-state index contributed by atoms with van der Waals surface area (Å²) in [5.41, 5.74) is 2.68. The molecule has 0 amide bonds. The van der Waals surface area contributed by atoms with E-state index in [2.05, 4.69) is 50.4 Å². The van der Waals surface area contributed by atoms with E-state index in [1.165, 1.54) is 30.4 Å². The number of methoxy groups -OCH3 is 1. The highest BCUT2D eigenvalue weighted by Crippen LogP contribution is 2.37. The summed E-state index contributed by atoms with van der Waals surface area (Å²) in [5, 5.41) is 3.59. The smallest absolute Gasteiger partial charge is 0.0841 e. The van der Waals surface area contributed by atoms with E-state index in [1.54, 1.807) is 0 Å². The SMILES string of the molecule is CCNC(c1ccc(C2CCC2)cc1)C(C)(CC)OC. The van der Waals surface area contributed by atoms with Crippen LogP contribution in [0.3, 0.4) is 0 Å². The van der Waals surface area contributed by atoms with Crippen LogP contribution < -0.4 is 5.32 Å². The van der Waals surface area contributed by atoms with E-state index in [-0.39, 0.29) is 11.6 Å². The molecule has 1 saturated carbocycles. The van der Waals surface area contributed by atoms with Crippen molar-refractivity contribution < 1.29 is 4.74 Å². The standard InChI is InChI=1S/C18H29NO/c1-5-18(3,20-4)17(19-6-2)16-12-10-15(11-13-16)14-8-7-9-14/h10-14,17,19H,5-9H2,1-4H3. The average molecular weight is 275 g/mol. The van der Waals surface area contributed by atoms with Gasteiger partial charge in [-0.05, 0) is 49.8 Å². The highest BCUT2D eigenvalue weighted by atomic mass is 16.5. The highest BCUT2D eigenvalue weighted by molar-refractivity contribution is 5.30. The van der Waals surface area contributed by atoms with E-state index in [0.29, 0.717) is 0 Å². The van der Waals surface area contributed by atoms with E-state index >= 15 is 0 Å². The van der Waals surface area contributed by atoms with Gasteiger partial charge in [-0.25, -0.2) is 0 Å². The van der Waals surface area contributed by atoms with E-state index < -0.39 is 0 Å². The summed E-state index contributed by atoms with van der Waals surface area (Å²) < 4.78 is 5.80. The van der Waals surface area contributed by atoms with E-state index in [4.69, 9.17) is 4.74 Å². The quantitative estimate of drug-likeness (QED) is 0.795. The molecule has 112 valence electrons. The van der Waals surface area contributed by atoms with Gasteiger partial charge in [0.05, 0.1) is 11.6 Å². The van der Waals surface area contributed by atoms with Crippen molar-refractivity contribution in [1.29, 1.82) is 0 Å². The van der Waals surface area contributed by atoms with Gasteiger partial charge >= 0.3 is 0 Å². The summed E-state index contributed by atoms with van der Waals surface area (Å²) >= 11 is 0. The van der Waals surface area contributed by atoms with Crippen LogP contribution in [0.4, 0.5) is 0 Å². The predicted molar refractivity (Wildman–Crippen MR) is 85.2 cm³/mol. The van der Waals surface area contributed by atoms with Gasteiger partial charge in [-0.3, -0.25) is 0 Å². The first-order chi connectivity index (χ1) is 9.64. The Labute approximate surface area is 123 Å². The minimum atomic E-state index is -0.159. The van der Waals surface area contributed by atoms with Crippen molar-refractivity contribution in [2.75, 3.05) is 13.7 Å². The maximum absolute atomic E-state index is 5.80. The van der Waals surface area contributed by atoms with Gasteiger partial charge < -0.3 is 10.1 Å². The third-order valence-corrected chi connectivity index (χ3v) is 5.03. The number of rotatable bonds is 7. The molecule has 2 atom stereocenters. The Morgan fingerprint density at radius 2 is 1.90 bits per heavy atom. The number of likely N-dealkylation sites (N-methyl/N-ethyl adjacent to an activating group) is 1. The van der Waals surface area contributed by atoms with Crippen LogP contribution in [0.5, 0.6) is 0 Å². The molecule has 1 aliphatic rings. The number of hydrogen-bond donors (Lipinski definition) is 1. The van der Waals surface area contributed by atoms with Crippen LogP contribution in [0, 0.1) is 0 Å². The second-order valence-electron chi connectivity index (χ2n) is 6.16. The third-order valence-electron chi connectivity index (χ3n) is 5.03. The van der Waals surface area contributed by atoms with Gasteiger partial charge in [0.25, 0.3) is 0 Å². The van der Waals surface area contributed by atoms with Crippen molar-refractivity contribution in [3.63, 3.8) is 0 Å². The average Bonchev–Trinajstić information content (AvgIpc) is 2.43. The Bertz CT molecular complexity index is 404. The topological polar surface area (TPSA) is 21.3 Å². The summed E-state index contributed by atoms with van der Waals surface area (Å²) in [4.78, 5) is 0. The summed E-state index contributed by atoms with van der Waals surface area (Å²) in [7, 11) is 1.82. The molecule has 0 saturated heterocycles. The second kappa shape index (κ2) is 6.73. The fourth-order valence-corrected chi connectivity index (χ4v) is 3.06. The molecule has 1 aliphatic carbocycles. The fraction of sp³-hybridized carbons (Fsp3) is 0.667. The van der Waals surface area contributed by atoms with Crippen molar-refractivity contribution in [2.45, 2.75) is 64.0 Å². The molecule has 2 heteroatoms. The lowest BCUT2D eigenvalue weighted by Gasteiger charge is -2.37. The van der Waals surface area contributed by atoms with Crippen LogP contribution in [0.1, 0.15) is 69.5 Å². The van der Waals surface area contributed by atoms with Crippen molar-refractivity contribution in [1.82, 2.24) is 5.32 Å². The molecular weight excluding hydrogens is 246 g/mol.